The minimum absolute atomic E-state index is 0.511. The van der Waals surface area contributed by atoms with Crippen LogP contribution in [0.15, 0.2) is 0 Å². The number of rotatable bonds is 4. The van der Waals surface area contributed by atoms with Crippen LogP contribution in [0.2, 0.25) is 0 Å². The summed E-state index contributed by atoms with van der Waals surface area (Å²) in [5, 5.41) is 16.7. The van der Waals surface area contributed by atoms with Crippen LogP contribution in [0, 0.1) is 0 Å². The molecule has 0 aliphatic rings. The number of nitrogens with one attached hydrogen (secondary N) is 1. The van der Waals surface area contributed by atoms with Crippen LogP contribution in [0.5, 0.6) is 0 Å². The Balaban J connectivity index is 3.66. The number of aliphatic carboxylic acids is 1. The summed E-state index contributed by atoms with van der Waals surface area (Å²) >= 11 is 0. The van der Waals surface area contributed by atoms with Crippen molar-refractivity contribution >= 4 is 11.9 Å². The topological polar surface area (TPSA) is 95.9 Å². The van der Waals surface area contributed by atoms with Gasteiger partial charge in [0, 0.05) is 0 Å². The van der Waals surface area contributed by atoms with Crippen LogP contribution in [0.3, 0.4) is 0 Å². The molecule has 0 bridgehead atoms. The molecule has 64 valence electrons. The molecule has 6 heteroatoms. The number of carboxylic acids is 1. The van der Waals surface area contributed by atoms with E-state index < -0.39 is 24.4 Å². The van der Waals surface area contributed by atoms with E-state index in [1.807, 2.05) is 5.48 Å². The molecule has 0 aromatic rings. The molecule has 0 saturated carbocycles. The van der Waals surface area contributed by atoms with Crippen molar-refractivity contribution in [3.8, 4) is 0 Å². The fourth-order valence-electron chi connectivity index (χ4n) is 0.418. The Morgan fingerprint density at radius 3 is 2.55 bits per heavy atom. The number of hydrogen-bond acceptors (Lipinski definition) is 4. The molecule has 6 nitrogen and oxygen atoms in total. The molecular formula is C5H9NO5. The lowest BCUT2D eigenvalue weighted by Gasteiger charge is -2.03. The van der Waals surface area contributed by atoms with E-state index in [1.165, 1.54) is 7.11 Å². The molecule has 11 heavy (non-hydrogen) atoms. The van der Waals surface area contributed by atoms with Gasteiger partial charge in [0.2, 0.25) is 5.91 Å². The smallest absolute Gasteiger partial charge is 0.333 e. The van der Waals surface area contributed by atoms with Crippen LogP contribution in [0.4, 0.5) is 0 Å². The van der Waals surface area contributed by atoms with Crippen LogP contribution in [0.25, 0.3) is 0 Å². The summed E-state index contributed by atoms with van der Waals surface area (Å²) in [4.78, 5) is 24.6. The van der Waals surface area contributed by atoms with Gasteiger partial charge in [0.1, 0.15) is 0 Å². The summed E-state index contributed by atoms with van der Waals surface area (Å²) in [6.45, 7) is 0. The Morgan fingerprint density at radius 2 is 2.18 bits per heavy atom. The number of amides is 1. The van der Waals surface area contributed by atoms with Crippen molar-refractivity contribution in [3.63, 3.8) is 0 Å². The zero-order chi connectivity index (χ0) is 8.85. The Hall–Kier alpha value is -1.14. The van der Waals surface area contributed by atoms with Gasteiger partial charge in [0.15, 0.2) is 6.10 Å². The average Bonchev–Trinajstić information content (AvgIpc) is 1.87. The second-order valence-corrected chi connectivity index (χ2v) is 1.79. The monoisotopic (exact) mass is 163 g/mol. The van der Waals surface area contributed by atoms with Gasteiger partial charge < -0.3 is 10.2 Å². The van der Waals surface area contributed by atoms with Gasteiger partial charge in [-0.2, -0.15) is 0 Å². The molecule has 0 radical (unpaired) electrons. The Kier molecular flexibility index (Phi) is 4.16. The van der Waals surface area contributed by atoms with Gasteiger partial charge in [0.05, 0.1) is 13.5 Å². The molecule has 3 N–H and O–H groups in total. The summed E-state index contributed by atoms with van der Waals surface area (Å²) in [6.07, 6.45) is -2.19. The molecule has 0 heterocycles. The Bertz CT molecular complexity index is 157. The molecule has 0 aromatic carbocycles. The van der Waals surface area contributed by atoms with Crippen LogP contribution in [-0.4, -0.2) is 35.3 Å². The quantitative estimate of drug-likeness (QED) is 0.438. The third kappa shape index (κ3) is 4.29. The number of hydrogen-bond donors (Lipinski definition) is 3. The van der Waals surface area contributed by atoms with E-state index in [4.69, 9.17) is 10.2 Å². The van der Waals surface area contributed by atoms with Crippen molar-refractivity contribution in [2.45, 2.75) is 12.5 Å². The highest BCUT2D eigenvalue weighted by atomic mass is 16.6. The Labute approximate surface area is 62.7 Å². The van der Waals surface area contributed by atoms with E-state index >= 15 is 0 Å². The lowest BCUT2D eigenvalue weighted by molar-refractivity contribution is -0.150. The van der Waals surface area contributed by atoms with Gasteiger partial charge in [0.25, 0.3) is 0 Å². The van der Waals surface area contributed by atoms with Gasteiger partial charge in [-0.05, 0) is 0 Å². The fraction of sp³-hybridized carbons (Fsp3) is 0.600. The molecule has 0 aliphatic carbocycles. The fourth-order valence-corrected chi connectivity index (χ4v) is 0.418. The molecule has 1 atom stereocenters. The van der Waals surface area contributed by atoms with E-state index in [0.717, 1.165) is 0 Å². The van der Waals surface area contributed by atoms with E-state index in [2.05, 4.69) is 4.84 Å². The van der Waals surface area contributed by atoms with Crippen molar-refractivity contribution < 1.29 is 24.6 Å². The molecule has 0 aromatic heterocycles. The highest BCUT2D eigenvalue weighted by molar-refractivity contribution is 5.82. The van der Waals surface area contributed by atoms with Gasteiger partial charge in [-0.15, -0.1) is 0 Å². The molecule has 0 saturated heterocycles. The number of carbonyl (C=O) groups is 2. The standard InChI is InChI=1S/C5H9NO5/c1-11-6-4(8)2-3(7)5(9)10/h3,7H,2H2,1H3,(H,6,8)(H,9,10)/t3-/m0/s1. The zero-order valence-corrected chi connectivity index (χ0v) is 5.90. The first-order valence-electron chi connectivity index (χ1n) is 2.80. The van der Waals surface area contributed by atoms with Gasteiger partial charge in [-0.1, -0.05) is 0 Å². The maximum absolute atomic E-state index is 10.5. The number of aliphatic hydroxyl groups is 1. The SMILES string of the molecule is CONC(=O)C[C@H](O)C(=O)O. The highest BCUT2D eigenvalue weighted by Crippen LogP contribution is 1.90. The first-order valence-corrected chi connectivity index (χ1v) is 2.80. The molecule has 1 amide bonds. The van der Waals surface area contributed by atoms with E-state index in [9.17, 15) is 9.59 Å². The number of hydroxylamine groups is 1. The van der Waals surface area contributed by atoms with Gasteiger partial charge in [-0.3, -0.25) is 9.63 Å². The van der Waals surface area contributed by atoms with E-state index in [-0.39, 0.29) is 0 Å². The Morgan fingerprint density at radius 1 is 1.64 bits per heavy atom. The van der Waals surface area contributed by atoms with Crippen molar-refractivity contribution in [1.29, 1.82) is 0 Å². The second-order valence-electron chi connectivity index (χ2n) is 1.79. The minimum atomic E-state index is -1.68. The number of carbonyl (C=O) groups excluding carboxylic acids is 1. The second kappa shape index (κ2) is 4.64. The number of aliphatic hydroxyl groups excluding tert-OH is 1. The lowest BCUT2D eigenvalue weighted by Crippen LogP contribution is -2.30. The molecule has 0 rings (SSSR count). The molecule has 0 fully saturated rings. The largest absolute Gasteiger partial charge is 0.479 e. The van der Waals surface area contributed by atoms with Crippen LogP contribution < -0.4 is 5.48 Å². The third-order valence-electron chi connectivity index (χ3n) is 0.880. The molecule has 0 unspecified atom stereocenters. The van der Waals surface area contributed by atoms with Crippen LogP contribution in [-0.2, 0) is 14.4 Å². The average molecular weight is 163 g/mol. The summed E-state index contributed by atoms with van der Waals surface area (Å²) in [6, 6.07) is 0. The lowest BCUT2D eigenvalue weighted by atomic mass is 10.2. The zero-order valence-electron chi connectivity index (χ0n) is 5.90. The summed E-state index contributed by atoms with van der Waals surface area (Å²) in [5.74, 6) is -2.11. The maximum atomic E-state index is 10.5. The summed E-state index contributed by atoms with van der Waals surface area (Å²) < 4.78 is 0. The van der Waals surface area contributed by atoms with Crippen LogP contribution in [0.1, 0.15) is 6.42 Å². The minimum Gasteiger partial charge on any atom is -0.479 e. The van der Waals surface area contributed by atoms with Gasteiger partial charge >= 0.3 is 5.97 Å². The summed E-state index contributed by atoms with van der Waals surface area (Å²) in [5.41, 5.74) is 1.87. The maximum Gasteiger partial charge on any atom is 0.333 e. The van der Waals surface area contributed by atoms with Crippen molar-refractivity contribution in [2.24, 2.45) is 0 Å². The van der Waals surface area contributed by atoms with Crippen molar-refractivity contribution in [1.82, 2.24) is 5.48 Å². The van der Waals surface area contributed by atoms with Crippen LogP contribution >= 0.6 is 0 Å². The predicted molar refractivity (Wildman–Crippen MR) is 33.4 cm³/mol. The van der Waals surface area contributed by atoms with Gasteiger partial charge in [-0.25, -0.2) is 10.3 Å². The van der Waals surface area contributed by atoms with E-state index in [1.54, 1.807) is 0 Å². The summed E-state index contributed by atoms with van der Waals surface area (Å²) in [7, 11) is 1.21. The van der Waals surface area contributed by atoms with E-state index in [0.29, 0.717) is 0 Å². The molecular weight excluding hydrogens is 154 g/mol. The first kappa shape index (κ1) is 9.86. The third-order valence-corrected chi connectivity index (χ3v) is 0.880. The first-order chi connectivity index (χ1) is 5.07. The van der Waals surface area contributed by atoms with Crippen molar-refractivity contribution in [2.75, 3.05) is 7.11 Å². The molecule has 0 aliphatic heterocycles. The highest BCUT2D eigenvalue weighted by Gasteiger charge is 2.17. The predicted octanol–water partition coefficient (Wildman–Crippen LogP) is -1.50. The molecule has 0 spiro atoms. The normalized spacial score (nSPS) is 12.2. The van der Waals surface area contributed by atoms with Crippen molar-refractivity contribution in [3.05, 3.63) is 0 Å². The number of carboxylic acid groups (broad SMARTS) is 1.